The number of nitrogens with zero attached hydrogens (tertiary/aromatic N) is 1. The molecule has 1 aliphatic rings. The largest absolute Gasteiger partial charge is 0.486 e. The summed E-state index contributed by atoms with van der Waals surface area (Å²) >= 11 is 2.90. The number of rotatable bonds is 2. The number of amides is 1. The molecule has 0 aliphatic carbocycles. The lowest BCUT2D eigenvalue weighted by molar-refractivity contribution is 0.103. The zero-order valence-corrected chi connectivity index (χ0v) is 14.6. The lowest BCUT2D eigenvalue weighted by Crippen LogP contribution is -2.15. The fraction of sp³-hybridized carbons (Fsp3) is 0.111. The summed E-state index contributed by atoms with van der Waals surface area (Å²) in [5.41, 5.74) is 0.792. The number of ether oxygens (including phenoxy) is 2. The number of benzene rings is 2. The summed E-state index contributed by atoms with van der Waals surface area (Å²) in [6.45, 7) is 1.09. The van der Waals surface area contributed by atoms with Gasteiger partial charge in [-0.2, -0.15) is 0 Å². The van der Waals surface area contributed by atoms with E-state index in [0.29, 0.717) is 29.0 Å². The van der Waals surface area contributed by atoms with Crippen molar-refractivity contribution in [3.8, 4) is 11.5 Å². The van der Waals surface area contributed by atoms with Crippen molar-refractivity contribution in [3.63, 3.8) is 0 Å². The van der Waals surface area contributed by atoms with Crippen LogP contribution >= 0.6 is 22.7 Å². The highest BCUT2D eigenvalue weighted by atomic mass is 32.1. The second-order valence-corrected chi connectivity index (χ2v) is 7.70. The molecule has 0 saturated carbocycles. The summed E-state index contributed by atoms with van der Waals surface area (Å²) in [7, 11) is 0. The first-order valence-electron chi connectivity index (χ1n) is 7.76. The Labute approximate surface area is 150 Å². The van der Waals surface area contributed by atoms with Crippen molar-refractivity contribution in [3.05, 3.63) is 47.3 Å². The van der Waals surface area contributed by atoms with Gasteiger partial charge in [0.1, 0.15) is 13.2 Å². The molecule has 124 valence electrons. The third-order valence-electron chi connectivity index (χ3n) is 3.92. The van der Waals surface area contributed by atoms with Crippen LogP contribution in [0.3, 0.4) is 0 Å². The van der Waals surface area contributed by atoms with Crippen molar-refractivity contribution in [2.45, 2.75) is 0 Å². The molecule has 1 amide bonds. The molecule has 0 fully saturated rings. The van der Waals surface area contributed by atoms with Gasteiger partial charge in [-0.25, -0.2) is 4.98 Å². The van der Waals surface area contributed by atoms with Crippen LogP contribution in [0.2, 0.25) is 0 Å². The monoisotopic (exact) mass is 368 g/mol. The van der Waals surface area contributed by atoms with Crippen LogP contribution in [0.4, 0.5) is 5.13 Å². The summed E-state index contributed by atoms with van der Waals surface area (Å²) in [6.07, 6.45) is 0. The van der Waals surface area contributed by atoms with Gasteiger partial charge in [0.05, 0.1) is 15.1 Å². The number of carbonyl (C=O) groups excluding carboxylic acids is 1. The Hall–Kier alpha value is -2.64. The maximum absolute atomic E-state index is 12.5. The van der Waals surface area contributed by atoms with Gasteiger partial charge in [0.2, 0.25) is 0 Å². The molecule has 4 aromatic rings. The Balaban J connectivity index is 1.45. The number of fused-ring (bicyclic) bond motifs is 3. The smallest absolute Gasteiger partial charge is 0.267 e. The van der Waals surface area contributed by atoms with Crippen LogP contribution < -0.4 is 14.8 Å². The van der Waals surface area contributed by atoms with E-state index in [1.807, 2.05) is 42.5 Å². The number of hydrogen-bond donors (Lipinski definition) is 1. The van der Waals surface area contributed by atoms with Crippen LogP contribution in [0.1, 0.15) is 9.67 Å². The molecule has 0 bridgehead atoms. The van der Waals surface area contributed by atoms with Gasteiger partial charge in [0, 0.05) is 16.8 Å². The summed E-state index contributed by atoms with van der Waals surface area (Å²) < 4.78 is 13.2. The van der Waals surface area contributed by atoms with E-state index >= 15 is 0 Å². The predicted molar refractivity (Wildman–Crippen MR) is 100 cm³/mol. The predicted octanol–water partition coefficient (Wildman–Crippen LogP) is 4.53. The molecule has 0 unspecified atom stereocenters. The molecule has 2 aromatic carbocycles. The molecule has 25 heavy (non-hydrogen) atoms. The van der Waals surface area contributed by atoms with Crippen molar-refractivity contribution >= 4 is 54.0 Å². The van der Waals surface area contributed by atoms with E-state index in [2.05, 4.69) is 10.3 Å². The average Bonchev–Trinajstić information content (AvgIpc) is 3.22. The zero-order chi connectivity index (χ0) is 16.8. The Morgan fingerprint density at radius 2 is 1.80 bits per heavy atom. The van der Waals surface area contributed by atoms with Gasteiger partial charge in [-0.3, -0.25) is 10.1 Å². The minimum Gasteiger partial charge on any atom is -0.486 e. The summed E-state index contributed by atoms with van der Waals surface area (Å²) in [4.78, 5) is 17.7. The number of thiazole rings is 1. The first-order valence-corrected chi connectivity index (χ1v) is 9.40. The molecule has 1 aliphatic heterocycles. The minimum absolute atomic E-state index is 0.141. The molecule has 3 heterocycles. The molecule has 1 N–H and O–H groups in total. The van der Waals surface area contributed by atoms with Crippen molar-refractivity contribution in [2.24, 2.45) is 0 Å². The number of aromatic nitrogens is 1. The van der Waals surface area contributed by atoms with Gasteiger partial charge >= 0.3 is 0 Å². The minimum atomic E-state index is -0.141. The lowest BCUT2D eigenvalue weighted by Gasteiger charge is -2.17. The number of nitrogens with one attached hydrogen (secondary N) is 1. The molecule has 0 spiro atoms. The highest BCUT2D eigenvalue weighted by molar-refractivity contribution is 7.23. The number of hydrogen-bond acceptors (Lipinski definition) is 6. The summed E-state index contributed by atoms with van der Waals surface area (Å²) in [6, 6.07) is 13.6. The Bertz CT molecular complexity index is 1040. The quantitative estimate of drug-likeness (QED) is 0.564. The van der Waals surface area contributed by atoms with E-state index < -0.39 is 0 Å². The van der Waals surface area contributed by atoms with E-state index in [-0.39, 0.29) is 5.91 Å². The highest BCUT2D eigenvalue weighted by Crippen LogP contribution is 2.38. The van der Waals surface area contributed by atoms with Gasteiger partial charge < -0.3 is 9.47 Å². The Morgan fingerprint density at radius 1 is 1.00 bits per heavy atom. The van der Waals surface area contributed by atoms with E-state index in [9.17, 15) is 4.79 Å². The standard InChI is InChI=1S/C18H12N2O3S2/c21-17(16-7-10-3-1-2-4-14(10)24-16)20-18-19-11-8-12-13(9-15(11)25-18)23-6-5-22-12/h1-4,7-9H,5-6H2,(H,19,20,21). The second kappa shape index (κ2) is 5.72. The maximum Gasteiger partial charge on any atom is 0.267 e. The first kappa shape index (κ1) is 14.7. The van der Waals surface area contributed by atoms with Crippen molar-refractivity contribution < 1.29 is 14.3 Å². The Kier molecular flexibility index (Phi) is 3.36. The van der Waals surface area contributed by atoms with Gasteiger partial charge in [0.15, 0.2) is 16.6 Å². The van der Waals surface area contributed by atoms with E-state index in [1.54, 1.807) is 0 Å². The molecule has 0 atom stereocenters. The van der Waals surface area contributed by atoms with Crippen LogP contribution in [0.5, 0.6) is 11.5 Å². The number of thiophene rings is 1. The van der Waals surface area contributed by atoms with E-state index in [0.717, 1.165) is 26.1 Å². The van der Waals surface area contributed by atoms with Crippen LogP contribution in [-0.4, -0.2) is 24.1 Å². The molecule has 5 nitrogen and oxygen atoms in total. The first-order chi connectivity index (χ1) is 12.3. The van der Waals surface area contributed by atoms with Crippen LogP contribution in [0.25, 0.3) is 20.3 Å². The zero-order valence-electron chi connectivity index (χ0n) is 12.9. The Morgan fingerprint density at radius 3 is 2.64 bits per heavy atom. The molecular weight excluding hydrogens is 356 g/mol. The number of anilines is 1. The summed E-state index contributed by atoms with van der Waals surface area (Å²) in [5, 5.41) is 4.54. The molecule has 0 saturated heterocycles. The second-order valence-electron chi connectivity index (χ2n) is 5.59. The normalized spacial score (nSPS) is 13.3. The molecular formula is C18H12N2O3S2. The summed E-state index contributed by atoms with van der Waals surface area (Å²) in [5.74, 6) is 1.29. The van der Waals surface area contributed by atoms with Crippen molar-refractivity contribution in [2.75, 3.05) is 18.5 Å². The highest BCUT2D eigenvalue weighted by Gasteiger charge is 2.17. The number of carbonyl (C=O) groups is 1. The molecule has 0 radical (unpaired) electrons. The molecule has 2 aromatic heterocycles. The molecule has 5 rings (SSSR count). The van der Waals surface area contributed by atoms with Gasteiger partial charge in [0.25, 0.3) is 5.91 Å². The van der Waals surface area contributed by atoms with Gasteiger partial charge in [-0.1, -0.05) is 29.5 Å². The fourth-order valence-electron chi connectivity index (χ4n) is 2.77. The lowest BCUT2D eigenvalue weighted by atomic mass is 10.2. The van der Waals surface area contributed by atoms with Crippen molar-refractivity contribution in [1.82, 2.24) is 4.98 Å². The van der Waals surface area contributed by atoms with Gasteiger partial charge in [-0.15, -0.1) is 11.3 Å². The third-order valence-corrected chi connectivity index (χ3v) is 5.97. The van der Waals surface area contributed by atoms with Gasteiger partial charge in [-0.05, 0) is 17.5 Å². The van der Waals surface area contributed by atoms with E-state index in [4.69, 9.17) is 9.47 Å². The SMILES string of the molecule is O=C(Nc1nc2cc3c(cc2s1)OCCO3)c1cc2ccccc2s1. The van der Waals surface area contributed by atoms with Crippen LogP contribution in [0.15, 0.2) is 42.5 Å². The molecule has 7 heteroatoms. The van der Waals surface area contributed by atoms with Crippen LogP contribution in [-0.2, 0) is 0 Å². The topological polar surface area (TPSA) is 60.5 Å². The fourth-order valence-corrected chi connectivity index (χ4v) is 4.60. The third kappa shape index (κ3) is 2.61. The van der Waals surface area contributed by atoms with Crippen molar-refractivity contribution in [1.29, 1.82) is 0 Å². The van der Waals surface area contributed by atoms with E-state index in [1.165, 1.54) is 22.7 Å². The maximum atomic E-state index is 12.5. The van der Waals surface area contributed by atoms with Crippen LogP contribution in [0, 0.1) is 0 Å². The average molecular weight is 368 g/mol.